The molecule has 182 valence electrons. The minimum atomic E-state index is -0.629. The predicted octanol–water partition coefficient (Wildman–Crippen LogP) is 1.85. The van der Waals surface area contributed by atoms with Crippen LogP contribution in [0.1, 0.15) is 42.5 Å². The predicted molar refractivity (Wildman–Crippen MR) is 129 cm³/mol. The van der Waals surface area contributed by atoms with Crippen LogP contribution in [-0.4, -0.2) is 32.6 Å². The number of aromatic nitrogens is 4. The Morgan fingerprint density at radius 2 is 2.00 bits per heavy atom. The van der Waals surface area contributed by atoms with Gasteiger partial charge in [-0.1, -0.05) is 35.5 Å². The molecule has 0 radical (unpaired) electrons. The number of benzene rings is 2. The highest BCUT2D eigenvalue weighted by atomic mass is 16.5. The molecular weight excluding hydrogens is 452 g/mol. The van der Waals surface area contributed by atoms with Crippen molar-refractivity contribution in [2.75, 3.05) is 0 Å². The number of nitrogens with zero attached hydrogens (tertiary/aromatic N) is 4. The standard InChI is InChI=1S/C23H26N8O4/c1-12-17(9-15-7-5-4-6-8-15)23(32)35-19-11-16(33-13(2)21(24)26-29-25)10-18(20(12)19)34-14(3)22-27-30-31-28-22/h4-8,10-11,13-14,29H,9,25H2,1-3H3,(H2,24,26)(H,27,28,30,31). The van der Waals surface area contributed by atoms with Crippen molar-refractivity contribution in [2.24, 2.45) is 16.7 Å². The fourth-order valence-corrected chi connectivity index (χ4v) is 3.66. The number of fused-ring (bicyclic) bond motifs is 1. The van der Waals surface area contributed by atoms with Gasteiger partial charge in [-0.2, -0.15) is 5.21 Å². The molecule has 0 aliphatic rings. The minimum Gasteiger partial charge on any atom is -0.482 e. The van der Waals surface area contributed by atoms with Crippen LogP contribution >= 0.6 is 0 Å². The number of hydrogen-bond donors (Lipinski definition) is 4. The van der Waals surface area contributed by atoms with Crippen molar-refractivity contribution in [1.82, 2.24) is 26.2 Å². The van der Waals surface area contributed by atoms with E-state index in [2.05, 4.69) is 31.3 Å². The van der Waals surface area contributed by atoms with E-state index in [1.54, 1.807) is 26.0 Å². The summed E-state index contributed by atoms with van der Waals surface area (Å²) < 4.78 is 17.8. The van der Waals surface area contributed by atoms with Gasteiger partial charge in [-0.05, 0) is 31.9 Å². The second kappa shape index (κ2) is 10.2. The van der Waals surface area contributed by atoms with E-state index in [4.69, 9.17) is 25.5 Å². The summed E-state index contributed by atoms with van der Waals surface area (Å²) in [5.41, 5.74) is 10.1. The number of tetrazole rings is 1. The first-order chi connectivity index (χ1) is 16.9. The number of hydrogen-bond acceptors (Lipinski definition) is 10. The minimum absolute atomic E-state index is 0.131. The van der Waals surface area contributed by atoms with Crippen LogP contribution in [0.4, 0.5) is 0 Å². The van der Waals surface area contributed by atoms with Crippen LogP contribution in [-0.2, 0) is 6.42 Å². The number of nitrogens with one attached hydrogen (secondary N) is 2. The molecule has 6 N–H and O–H groups in total. The van der Waals surface area contributed by atoms with Crippen LogP contribution in [0.15, 0.2) is 56.8 Å². The third-order valence-electron chi connectivity index (χ3n) is 5.49. The van der Waals surface area contributed by atoms with Crippen molar-refractivity contribution < 1.29 is 13.9 Å². The number of aromatic amines is 1. The van der Waals surface area contributed by atoms with Crippen molar-refractivity contribution in [2.45, 2.75) is 39.4 Å². The van der Waals surface area contributed by atoms with E-state index in [9.17, 15) is 4.79 Å². The van der Waals surface area contributed by atoms with Crippen LogP contribution in [0.2, 0.25) is 0 Å². The smallest absolute Gasteiger partial charge is 0.340 e. The maximum Gasteiger partial charge on any atom is 0.340 e. The molecule has 35 heavy (non-hydrogen) atoms. The van der Waals surface area contributed by atoms with Crippen LogP contribution in [0.25, 0.3) is 11.0 Å². The second-order valence-electron chi connectivity index (χ2n) is 7.91. The van der Waals surface area contributed by atoms with Crippen LogP contribution in [0.5, 0.6) is 11.5 Å². The van der Waals surface area contributed by atoms with Crippen LogP contribution in [0.3, 0.4) is 0 Å². The lowest BCUT2D eigenvalue weighted by Gasteiger charge is -2.19. The molecule has 2 aromatic heterocycles. The first-order valence-electron chi connectivity index (χ1n) is 10.9. The summed E-state index contributed by atoms with van der Waals surface area (Å²) in [6.07, 6.45) is -0.767. The molecule has 0 amide bonds. The monoisotopic (exact) mass is 478 g/mol. The van der Waals surface area contributed by atoms with Gasteiger partial charge in [0.1, 0.15) is 17.1 Å². The van der Waals surface area contributed by atoms with E-state index < -0.39 is 17.8 Å². The molecule has 2 unspecified atom stereocenters. The Morgan fingerprint density at radius 1 is 1.23 bits per heavy atom. The van der Waals surface area contributed by atoms with Gasteiger partial charge in [0.15, 0.2) is 18.0 Å². The van der Waals surface area contributed by atoms with Gasteiger partial charge < -0.3 is 19.6 Å². The molecule has 0 fully saturated rings. The zero-order chi connectivity index (χ0) is 24.9. The number of H-pyrrole nitrogens is 1. The number of rotatable bonds is 9. The summed E-state index contributed by atoms with van der Waals surface area (Å²) in [7, 11) is 0. The third kappa shape index (κ3) is 5.22. The van der Waals surface area contributed by atoms with Crippen LogP contribution in [0, 0.1) is 6.92 Å². The van der Waals surface area contributed by atoms with Gasteiger partial charge in [-0.25, -0.2) is 16.2 Å². The molecule has 2 heterocycles. The average molecular weight is 479 g/mol. The van der Waals surface area contributed by atoms with E-state index in [0.29, 0.717) is 40.3 Å². The molecule has 12 nitrogen and oxygen atoms in total. The second-order valence-corrected chi connectivity index (χ2v) is 7.91. The van der Waals surface area contributed by atoms with Crippen molar-refractivity contribution in [3.8, 4) is 11.5 Å². The average Bonchev–Trinajstić information content (AvgIpc) is 3.37. The van der Waals surface area contributed by atoms with E-state index in [-0.39, 0.29) is 5.84 Å². The zero-order valence-corrected chi connectivity index (χ0v) is 19.5. The number of nitrogens with two attached hydrogens (primary N) is 2. The van der Waals surface area contributed by atoms with Crippen LogP contribution < -0.4 is 32.2 Å². The summed E-state index contributed by atoms with van der Waals surface area (Å²) >= 11 is 0. The molecule has 0 bridgehead atoms. The number of ether oxygens (including phenoxy) is 2. The van der Waals surface area contributed by atoms with Crippen molar-refractivity contribution in [3.63, 3.8) is 0 Å². The Labute approximate surface area is 200 Å². The SMILES string of the molecule is Cc1c(Cc2ccccc2)c(=O)oc2cc(OC(C)/C(N)=N/NN)cc(OC(C)c3nn[nH]n3)c12. The summed E-state index contributed by atoms with van der Waals surface area (Å²) in [6, 6.07) is 13.0. The van der Waals surface area contributed by atoms with Gasteiger partial charge in [0, 0.05) is 24.1 Å². The maximum atomic E-state index is 13.0. The highest BCUT2D eigenvalue weighted by Gasteiger charge is 2.21. The third-order valence-corrected chi connectivity index (χ3v) is 5.49. The number of aryl methyl sites for hydroxylation is 1. The molecule has 0 spiro atoms. The Hall–Kier alpha value is -4.45. The van der Waals surface area contributed by atoms with Crippen molar-refractivity contribution in [1.29, 1.82) is 0 Å². The fraction of sp³-hybridized carbons (Fsp3) is 0.261. The normalized spacial score (nSPS) is 13.4. The van der Waals surface area contributed by atoms with Crippen molar-refractivity contribution in [3.05, 3.63) is 75.4 Å². The number of amidine groups is 1. The lowest BCUT2D eigenvalue weighted by molar-refractivity contribution is 0.216. The Kier molecular flexibility index (Phi) is 6.92. The van der Waals surface area contributed by atoms with Crippen molar-refractivity contribution >= 4 is 16.8 Å². The highest BCUT2D eigenvalue weighted by molar-refractivity contribution is 5.89. The number of hydrazone groups is 1. The molecule has 0 aliphatic heterocycles. The van der Waals surface area contributed by atoms with Gasteiger partial charge in [0.05, 0.1) is 5.39 Å². The molecule has 2 atom stereocenters. The molecule has 12 heteroatoms. The van der Waals surface area contributed by atoms with Gasteiger partial charge in [-0.15, -0.1) is 15.3 Å². The lowest BCUT2D eigenvalue weighted by Crippen LogP contribution is -2.34. The Balaban J connectivity index is 1.82. The summed E-state index contributed by atoms with van der Waals surface area (Å²) in [5.74, 6) is 6.47. The Bertz CT molecular complexity index is 1390. The topological polar surface area (TPSA) is 180 Å². The largest absolute Gasteiger partial charge is 0.482 e. The number of hydrazine groups is 1. The first kappa shape index (κ1) is 23.7. The van der Waals surface area contributed by atoms with E-state index >= 15 is 0 Å². The molecule has 2 aromatic carbocycles. The molecule has 0 saturated heterocycles. The highest BCUT2D eigenvalue weighted by Crippen LogP contribution is 2.36. The molecular formula is C23H26N8O4. The molecule has 0 saturated carbocycles. The zero-order valence-electron chi connectivity index (χ0n) is 19.5. The van der Waals surface area contributed by atoms with Gasteiger partial charge in [0.25, 0.3) is 0 Å². The van der Waals surface area contributed by atoms with E-state index in [1.807, 2.05) is 37.3 Å². The molecule has 0 aliphatic carbocycles. The Morgan fingerprint density at radius 3 is 2.69 bits per heavy atom. The molecule has 4 rings (SSSR count). The summed E-state index contributed by atoms with van der Waals surface area (Å²) in [5, 5.41) is 18.3. The van der Waals surface area contributed by atoms with Gasteiger partial charge >= 0.3 is 5.63 Å². The summed E-state index contributed by atoms with van der Waals surface area (Å²) in [4.78, 5) is 13.0. The van der Waals surface area contributed by atoms with Gasteiger partial charge in [0.2, 0.25) is 5.82 Å². The van der Waals surface area contributed by atoms with E-state index in [0.717, 1.165) is 11.1 Å². The fourth-order valence-electron chi connectivity index (χ4n) is 3.66. The van der Waals surface area contributed by atoms with Gasteiger partial charge in [-0.3, -0.25) is 0 Å². The molecule has 4 aromatic rings. The van der Waals surface area contributed by atoms with E-state index in [1.165, 1.54) is 0 Å². The quantitative estimate of drug-likeness (QED) is 0.0911. The lowest BCUT2D eigenvalue weighted by atomic mass is 9.99. The maximum absolute atomic E-state index is 13.0. The first-order valence-corrected chi connectivity index (χ1v) is 10.9. The summed E-state index contributed by atoms with van der Waals surface area (Å²) in [6.45, 7) is 5.35.